The van der Waals surface area contributed by atoms with Gasteiger partial charge in [0, 0.05) is 18.1 Å². The van der Waals surface area contributed by atoms with E-state index in [4.69, 9.17) is 20.8 Å². The van der Waals surface area contributed by atoms with E-state index in [-0.39, 0.29) is 6.29 Å². The predicted molar refractivity (Wildman–Crippen MR) is 106 cm³/mol. The number of nitriles is 1. The zero-order valence-corrected chi connectivity index (χ0v) is 16.6. The van der Waals surface area contributed by atoms with E-state index < -0.39 is 0 Å². The van der Waals surface area contributed by atoms with Crippen molar-refractivity contribution in [2.45, 2.75) is 57.8 Å². The number of ether oxygens (including phenoxy) is 3. The Kier molecular flexibility index (Phi) is 5.80. The van der Waals surface area contributed by atoms with Gasteiger partial charge in [0.05, 0.1) is 31.5 Å². The molecule has 1 saturated heterocycles. The van der Waals surface area contributed by atoms with Crippen molar-refractivity contribution in [1.82, 2.24) is 9.78 Å². The molecule has 29 heavy (non-hydrogen) atoms. The summed E-state index contributed by atoms with van der Waals surface area (Å²) < 4.78 is 19.6. The molecule has 0 amide bonds. The molecule has 150 valence electrons. The van der Waals surface area contributed by atoms with Crippen LogP contribution in [0.1, 0.15) is 55.0 Å². The fourth-order valence-corrected chi connectivity index (χ4v) is 3.63. The van der Waals surface area contributed by atoms with Crippen LogP contribution in [0.4, 0.5) is 5.69 Å². The van der Waals surface area contributed by atoms with E-state index in [1.165, 1.54) is 0 Å². The van der Waals surface area contributed by atoms with Crippen molar-refractivity contribution >= 4 is 5.69 Å². The maximum Gasteiger partial charge on any atom is 0.192 e. The third-order valence-electron chi connectivity index (χ3n) is 5.19. The molecule has 2 fully saturated rings. The molecule has 1 aliphatic carbocycles. The van der Waals surface area contributed by atoms with Crippen LogP contribution in [0.15, 0.2) is 18.2 Å². The molecule has 1 aromatic heterocycles. The van der Waals surface area contributed by atoms with Gasteiger partial charge in [0.1, 0.15) is 11.4 Å². The molecule has 2 heterocycles. The number of nitrogens with zero attached hydrogens (tertiary/aromatic N) is 4. The summed E-state index contributed by atoms with van der Waals surface area (Å²) >= 11 is 0. The molecule has 1 saturated carbocycles. The monoisotopic (exact) mass is 392 g/mol. The van der Waals surface area contributed by atoms with Crippen LogP contribution in [0.25, 0.3) is 4.85 Å². The van der Waals surface area contributed by atoms with Crippen LogP contribution < -0.4 is 4.74 Å². The minimum Gasteiger partial charge on any atom is -0.455 e. The Morgan fingerprint density at radius 3 is 2.86 bits per heavy atom. The highest BCUT2D eigenvalue weighted by Gasteiger charge is 2.33. The molecule has 0 N–H and O–H groups in total. The Balaban J connectivity index is 1.52. The average molecular weight is 392 g/mol. The van der Waals surface area contributed by atoms with Crippen LogP contribution in [0.5, 0.6) is 11.5 Å². The zero-order chi connectivity index (χ0) is 20.2. The van der Waals surface area contributed by atoms with Crippen LogP contribution in [0, 0.1) is 24.8 Å². The van der Waals surface area contributed by atoms with E-state index >= 15 is 0 Å². The summed E-state index contributed by atoms with van der Waals surface area (Å²) in [6, 6.07) is 6.96. The molecule has 0 radical (unpaired) electrons. The minimum atomic E-state index is -0.110. The zero-order valence-electron chi connectivity index (χ0n) is 16.6. The SMILES string of the molecule is [C-]#[N+]c1cc(C#N)cc(Oc2c(C)nn(CCOC3CCCCO3)c2C2CC2)c1. The largest absolute Gasteiger partial charge is 0.455 e. The van der Waals surface area contributed by atoms with Gasteiger partial charge in [0.15, 0.2) is 17.7 Å². The molecule has 1 aromatic carbocycles. The molecular formula is C22H24N4O3. The highest BCUT2D eigenvalue weighted by molar-refractivity contribution is 5.56. The normalized spacial score (nSPS) is 18.8. The quantitative estimate of drug-likeness (QED) is 0.631. The smallest absolute Gasteiger partial charge is 0.192 e. The van der Waals surface area contributed by atoms with Crippen LogP contribution in [0.3, 0.4) is 0 Å². The Labute approximate surface area is 170 Å². The van der Waals surface area contributed by atoms with Crippen LogP contribution in [-0.4, -0.2) is 29.3 Å². The highest BCUT2D eigenvalue weighted by Crippen LogP contribution is 2.46. The molecule has 1 unspecified atom stereocenters. The summed E-state index contributed by atoms with van der Waals surface area (Å²) in [5.41, 5.74) is 2.67. The predicted octanol–water partition coefficient (Wildman–Crippen LogP) is 4.83. The Bertz CT molecular complexity index is 927. The summed E-state index contributed by atoms with van der Waals surface area (Å²) in [5, 5.41) is 13.9. The second-order valence-corrected chi connectivity index (χ2v) is 7.51. The van der Waals surface area contributed by atoms with Crippen molar-refractivity contribution in [3.05, 3.63) is 46.6 Å². The minimum absolute atomic E-state index is 0.110. The van der Waals surface area contributed by atoms with Crippen molar-refractivity contribution < 1.29 is 14.2 Å². The maximum atomic E-state index is 9.22. The van der Waals surface area contributed by atoms with Gasteiger partial charge in [-0.2, -0.15) is 10.4 Å². The molecule has 7 heteroatoms. The molecule has 1 aliphatic heterocycles. The number of benzene rings is 1. The molecule has 1 atom stereocenters. The van der Waals surface area contributed by atoms with E-state index in [2.05, 4.69) is 16.0 Å². The van der Waals surface area contributed by atoms with Crippen molar-refractivity contribution in [3.8, 4) is 17.6 Å². The number of rotatable bonds is 7. The van der Waals surface area contributed by atoms with Gasteiger partial charge in [-0.05, 0) is 57.2 Å². The van der Waals surface area contributed by atoms with Crippen molar-refractivity contribution in [2.75, 3.05) is 13.2 Å². The fourth-order valence-electron chi connectivity index (χ4n) is 3.63. The van der Waals surface area contributed by atoms with Crippen LogP contribution >= 0.6 is 0 Å². The molecule has 0 bridgehead atoms. The van der Waals surface area contributed by atoms with Crippen molar-refractivity contribution in [1.29, 1.82) is 5.26 Å². The van der Waals surface area contributed by atoms with Crippen LogP contribution in [0.2, 0.25) is 0 Å². The molecule has 4 rings (SSSR count). The van der Waals surface area contributed by atoms with E-state index in [1.807, 2.05) is 11.6 Å². The number of aromatic nitrogens is 2. The lowest BCUT2D eigenvalue weighted by Crippen LogP contribution is -2.24. The summed E-state index contributed by atoms with van der Waals surface area (Å²) in [5.74, 6) is 1.65. The lowest BCUT2D eigenvalue weighted by atomic mass is 10.2. The van der Waals surface area contributed by atoms with Gasteiger partial charge in [-0.3, -0.25) is 4.68 Å². The second-order valence-electron chi connectivity index (χ2n) is 7.51. The van der Waals surface area contributed by atoms with Crippen molar-refractivity contribution in [2.24, 2.45) is 0 Å². The first-order valence-electron chi connectivity index (χ1n) is 10.1. The lowest BCUT2D eigenvalue weighted by molar-refractivity contribution is -0.163. The summed E-state index contributed by atoms with van der Waals surface area (Å²) in [4.78, 5) is 3.43. The van der Waals surface area contributed by atoms with Gasteiger partial charge in [-0.25, -0.2) is 4.85 Å². The molecule has 7 nitrogen and oxygen atoms in total. The van der Waals surface area contributed by atoms with Gasteiger partial charge in [-0.15, -0.1) is 0 Å². The summed E-state index contributed by atoms with van der Waals surface area (Å²) in [7, 11) is 0. The highest BCUT2D eigenvalue weighted by atomic mass is 16.7. The van der Waals surface area contributed by atoms with Gasteiger partial charge in [-0.1, -0.05) is 0 Å². The van der Waals surface area contributed by atoms with E-state index in [0.717, 1.165) is 55.8 Å². The molecule has 0 spiro atoms. The molecule has 2 aliphatic rings. The molecule has 2 aromatic rings. The third-order valence-corrected chi connectivity index (χ3v) is 5.19. The Morgan fingerprint density at radius 2 is 2.17 bits per heavy atom. The lowest BCUT2D eigenvalue weighted by Gasteiger charge is -2.22. The van der Waals surface area contributed by atoms with Gasteiger partial charge >= 0.3 is 0 Å². The summed E-state index contributed by atoms with van der Waals surface area (Å²) in [6.45, 7) is 11.1. The van der Waals surface area contributed by atoms with E-state index in [9.17, 15) is 5.26 Å². The standard InChI is InChI=1S/C22H24N4O3/c1-15-22(29-19-12-16(14-23)11-18(13-19)24-2)21(17-6-7-17)26(25-15)8-10-28-20-5-3-4-9-27-20/h11-13,17,20H,3-10H2,1H3. The van der Waals surface area contributed by atoms with Crippen LogP contribution in [-0.2, 0) is 16.0 Å². The third kappa shape index (κ3) is 4.59. The number of hydrogen-bond acceptors (Lipinski definition) is 5. The topological polar surface area (TPSA) is 73.7 Å². The number of aryl methyl sites for hydroxylation is 1. The average Bonchev–Trinajstić information content (AvgIpc) is 3.54. The first kappa shape index (κ1) is 19.4. The summed E-state index contributed by atoms with van der Waals surface area (Å²) in [6.07, 6.45) is 5.30. The second kappa shape index (κ2) is 8.65. The van der Waals surface area contributed by atoms with E-state index in [0.29, 0.717) is 36.1 Å². The first-order chi connectivity index (χ1) is 14.2. The van der Waals surface area contributed by atoms with Crippen molar-refractivity contribution in [3.63, 3.8) is 0 Å². The van der Waals surface area contributed by atoms with Gasteiger partial charge < -0.3 is 14.2 Å². The Hall–Kier alpha value is -2.87. The van der Waals surface area contributed by atoms with E-state index in [1.54, 1.807) is 18.2 Å². The fraction of sp³-hybridized carbons (Fsp3) is 0.500. The Morgan fingerprint density at radius 1 is 1.31 bits per heavy atom. The number of hydrogen-bond donors (Lipinski definition) is 0. The first-order valence-corrected chi connectivity index (χ1v) is 10.1. The molecular weight excluding hydrogens is 368 g/mol. The van der Waals surface area contributed by atoms with Gasteiger partial charge in [0.25, 0.3) is 0 Å². The maximum absolute atomic E-state index is 9.22. The van der Waals surface area contributed by atoms with Gasteiger partial charge in [0.2, 0.25) is 0 Å².